The van der Waals surface area contributed by atoms with Gasteiger partial charge in [0.15, 0.2) is 5.78 Å². The van der Waals surface area contributed by atoms with Gasteiger partial charge in [0.2, 0.25) is 0 Å². The molecule has 2 heteroatoms. The van der Waals surface area contributed by atoms with Gasteiger partial charge in [0.1, 0.15) is 5.41 Å². The average molecular weight is 205 g/mol. The molecule has 0 unspecified atom stereocenters. The summed E-state index contributed by atoms with van der Waals surface area (Å²) < 4.78 is 0. The zero-order valence-corrected chi connectivity index (χ0v) is 9.84. The van der Waals surface area contributed by atoms with E-state index in [-0.39, 0.29) is 5.78 Å². The summed E-state index contributed by atoms with van der Waals surface area (Å²) in [5, 5.41) is 9.21. The number of nitrogens with zero attached hydrogens (tertiary/aromatic N) is 1. The molecule has 0 saturated carbocycles. The molecule has 15 heavy (non-hydrogen) atoms. The molecule has 0 heterocycles. The third kappa shape index (κ3) is 3.06. The highest BCUT2D eigenvalue weighted by molar-refractivity contribution is 5.92. The Bertz CT molecular complexity index is 291. The fraction of sp³-hybridized carbons (Fsp3) is 0.538. The summed E-state index contributed by atoms with van der Waals surface area (Å²) >= 11 is 0. The van der Waals surface area contributed by atoms with Crippen LogP contribution in [-0.4, -0.2) is 5.78 Å². The highest BCUT2D eigenvalue weighted by Crippen LogP contribution is 2.35. The van der Waals surface area contributed by atoms with Crippen LogP contribution in [0.2, 0.25) is 0 Å². The molecule has 0 rings (SSSR count). The van der Waals surface area contributed by atoms with Crippen molar-refractivity contribution < 1.29 is 4.79 Å². The molecule has 0 aliphatic heterocycles. The lowest BCUT2D eigenvalue weighted by molar-refractivity contribution is -0.133. The lowest BCUT2D eigenvalue weighted by atomic mass is 9.69. The third-order valence-electron chi connectivity index (χ3n) is 2.32. The molecule has 0 spiro atoms. The number of hydrogen-bond donors (Lipinski definition) is 0. The van der Waals surface area contributed by atoms with Gasteiger partial charge in [-0.1, -0.05) is 32.9 Å². The lowest BCUT2D eigenvalue weighted by Gasteiger charge is -2.29. The normalized spacial score (nSPS) is 11.6. The third-order valence-corrected chi connectivity index (χ3v) is 2.32. The second-order valence-electron chi connectivity index (χ2n) is 4.76. The van der Waals surface area contributed by atoms with Gasteiger partial charge in [-0.05, 0) is 12.8 Å². The fourth-order valence-corrected chi connectivity index (χ4v) is 1.62. The summed E-state index contributed by atoms with van der Waals surface area (Å²) in [6.45, 7) is 12.7. The van der Waals surface area contributed by atoms with Gasteiger partial charge < -0.3 is 0 Å². The predicted molar refractivity (Wildman–Crippen MR) is 62.1 cm³/mol. The minimum atomic E-state index is -0.984. The van der Waals surface area contributed by atoms with Crippen molar-refractivity contribution in [3.63, 3.8) is 0 Å². The molecule has 82 valence electrons. The largest absolute Gasteiger partial charge is 0.297 e. The van der Waals surface area contributed by atoms with Crippen LogP contribution in [0.3, 0.4) is 0 Å². The summed E-state index contributed by atoms with van der Waals surface area (Å²) in [5.41, 5.74) is -1.50. The minimum absolute atomic E-state index is 0.0442. The first-order valence-corrected chi connectivity index (χ1v) is 5.02. The van der Waals surface area contributed by atoms with E-state index in [0.717, 1.165) is 0 Å². The maximum absolute atomic E-state index is 12.2. The maximum atomic E-state index is 12.2. The van der Waals surface area contributed by atoms with Crippen molar-refractivity contribution in [1.29, 1.82) is 5.26 Å². The smallest absolute Gasteiger partial charge is 0.158 e. The average Bonchev–Trinajstić information content (AvgIpc) is 2.15. The molecule has 0 fully saturated rings. The second-order valence-corrected chi connectivity index (χ2v) is 4.76. The number of carbonyl (C=O) groups excluding carboxylic acids is 1. The number of carbonyl (C=O) groups is 1. The van der Waals surface area contributed by atoms with Crippen molar-refractivity contribution in [2.24, 2.45) is 10.8 Å². The standard InChI is InChI=1S/C13H19NO/c1-6-8-13(10-14,9-7-2)11(15)12(3,4)5/h6-7H,1-2,8-9H2,3-5H3. The number of ketones is 1. The predicted octanol–water partition coefficient (Wildman–Crippen LogP) is 3.26. The molecule has 0 aliphatic rings. The van der Waals surface area contributed by atoms with Gasteiger partial charge in [-0.3, -0.25) is 4.79 Å². The van der Waals surface area contributed by atoms with Crippen LogP contribution in [0.25, 0.3) is 0 Å². The number of rotatable bonds is 5. The maximum Gasteiger partial charge on any atom is 0.158 e. The van der Waals surface area contributed by atoms with Crippen molar-refractivity contribution in [2.75, 3.05) is 0 Å². The Morgan fingerprint density at radius 3 is 1.87 bits per heavy atom. The van der Waals surface area contributed by atoms with Crippen LogP contribution in [0, 0.1) is 22.2 Å². The number of hydrogen-bond acceptors (Lipinski definition) is 2. The molecule has 0 atom stereocenters. The SMILES string of the molecule is C=CCC(C#N)(CC=C)C(=O)C(C)(C)C. The van der Waals surface area contributed by atoms with E-state index in [1.54, 1.807) is 12.2 Å². The van der Waals surface area contributed by atoms with E-state index >= 15 is 0 Å². The molecule has 0 aromatic heterocycles. The van der Waals surface area contributed by atoms with Crippen molar-refractivity contribution in [1.82, 2.24) is 0 Å². The van der Waals surface area contributed by atoms with Gasteiger partial charge >= 0.3 is 0 Å². The summed E-state index contributed by atoms with van der Waals surface area (Å²) in [4.78, 5) is 12.2. The van der Waals surface area contributed by atoms with Gasteiger partial charge in [0.05, 0.1) is 6.07 Å². The molecule has 0 aromatic carbocycles. The number of Topliss-reactive ketones (excluding diaryl/α,β-unsaturated/α-hetero) is 1. The van der Waals surface area contributed by atoms with E-state index < -0.39 is 10.8 Å². The van der Waals surface area contributed by atoms with Gasteiger partial charge in [0.25, 0.3) is 0 Å². The molecule has 2 nitrogen and oxygen atoms in total. The van der Waals surface area contributed by atoms with Crippen LogP contribution in [0.15, 0.2) is 25.3 Å². The molecule has 0 amide bonds. The zero-order valence-electron chi connectivity index (χ0n) is 9.84. The summed E-state index contributed by atoms with van der Waals surface area (Å²) in [5.74, 6) is -0.0442. The molecule has 0 saturated heterocycles. The Morgan fingerprint density at radius 2 is 1.67 bits per heavy atom. The Balaban J connectivity index is 5.26. The van der Waals surface area contributed by atoms with Crippen molar-refractivity contribution in [2.45, 2.75) is 33.6 Å². The second kappa shape index (κ2) is 4.93. The number of nitriles is 1. The molecular formula is C13H19NO. The lowest BCUT2D eigenvalue weighted by Crippen LogP contribution is -2.37. The highest BCUT2D eigenvalue weighted by atomic mass is 16.1. The first-order valence-electron chi connectivity index (χ1n) is 5.02. The van der Waals surface area contributed by atoms with Crippen molar-refractivity contribution >= 4 is 5.78 Å². The van der Waals surface area contributed by atoms with Crippen molar-refractivity contribution in [3.05, 3.63) is 25.3 Å². The number of allylic oxidation sites excluding steroid dienone is 2. The Morgan fingerprint density at radius 1 is 1.27 bits per heavy atom. The van der Waals surface area contributed by atoms with Gasteiger partial charge in [-0.2, -0.15) is 5.26 Å². The Labute approximate surface area is 92.3 Å². The van der Waals surface area contributed by atoms with Crippen molar-refractivity contribution in [3.8, 4) is 6.07 Å². The summed E-state index contributed by atoms with van der Waals surface area (Å²) in [6.07, 6.45) is 4.00. The molecule has 0 aromatic rings. The van der Waals surface area contributed by atoms with Gasteiger partial charge in [-0.25, -0.2) is 0 Å². The van der Waals surface area contributed by atoms with Crippen LogP contribution in [0.4, 0.5) is 0 Å². The van der Waals surface area contributed by atoms with Crippen LogP contribution < -0.4 is 0 Å². The fourth-order valence-electron chi connectivity index (χ4n) is 1.62. The van der Waals surface area contributed by atoms with E-state index in [4.69, 9.17) is 0 Å². The minimum Gasteiger partial charge on any atom is -0.297 e. The first kappa shape index (κ1) is 13.6. The highest BCUT2D eigenvalue weighted by Gasteiger charge is 2.42. The topological polar surface area (TPSA) is 40.9 Å². The molecular weight excluding hydrogens is 186 g/mol. The van der Waals surface area contributed by atoms with E-state index in [1.807, 2.05) is 20.8 Å². The van der Waals surface area contributed by atoms with Gasteiger partial charge in [0, 0.05) is 5.41 Å². The van der Waals surface area contributed by atoms with E-state index in [0.29, 0.717) is 12.8 Å². The van der Waals surface area contributed by atoms with Crippen LogP contribution >= 0.6 is 0 Å². The van der Waals surface area contributed by atoms with E-state index in [2.05, 4.69) is 19.2 Å². The Hall–Kier alpha value is -1.36. The molecule has 0 aliphatic carbocycles. The quantitative estimate of drug-likeness (QED) is 0.646. The van der Waals surface area contributed by atoms with Crippen LogP contribution in [-0.2, 0) is 4.79 Å². The first-order chi connectivity index (χ1) is 6.84. The molecule has 0 radical (unpaired) electrons. The summed E-state index contributed by atoms with van der Waals surface area (Å²) in [6, 6.07) is 2.13. The molecule has 0 N–H and O–H groups in total. The van der Waals surface area contributed by atoms with Crippen LogP contribution in [0.5, 0.6) is 0 Å². The monoisotopic (exact) mass is 205 g/mol. The van der Waals surface area contributed by atoms with Crippen LogP contribution in [0.1, 0.15) is 33.6 Å². The molecule has 0 bridgehead atoms. The summed E-state index contributed by atoms with van der Waals surface area (Å²) in [7, 11) is 0. The Kier molecular flexibility index (Phi) is 4.48. The van der Waals surface area contributed by atoms with E-state index in [1.165, 1.54) is 0 Å². The van der Waals surface area contributed by atoms with Gasteiger partial charge in [-0.15, -0.1) is 13.2 Å². The zero-order chi connectivity index (χ0) is 12.1. The van der Waals surface area contributed by atoms with E-state index in [9.17, 15) is 10.1 Å².